The van der Waals surface area contributed by atoms with Crippen LogP contribution in [0.15, 0.2) is 24.3 Å². The van der Waals surface area contributed by atoms with E-state index < -0.39 is 16.1 Å². The Labute approximate surface area is 178 Å². The van der Waals surface area contributed by atoms with Crippen LogP contribution in [0.1, 0.15) is 32.3 Å². The maximum atomic E-state index is 13.0. The first-order chi connectivity index (χ1) is 14.2. The molecule has 0 aromatic heterocycles. The Morgan fingerprint density at radius 2 is 1.97 bits per heavy atom. The third-order valence-electron chi connectivity index (χ3n) is 5.60. The van der Waals surface area contributed by atoms with Crippen molar-refractivity contribution in [3.05, 3.63) is 29.8 Å². The Hall–Kier alpha value is -2.13. The van der Waals surface area contributed by atoms with Gasteiger partial charge >= 0.3 is 0 Å². The van der Waals surface area contributed by atoms with Gasteiger partial charge in [0.2, 0.25) is 15.9 Å². The predicted octanol–water partition coefficient (Wildman–Crippen LogP) is 1.01. The van der Waals surface area contributed by atoms with Crippen molar-refractivity contribution in [3.63, 3.8) is 0 Å². The summed E-state index contributed by atoms with van der Waals surface area (Å²) in [5.41, 5.74) is 1.05. The fourth-order valence-electron chi connectivity index (χ4n) is 4.04. The van der Waals surface area contributed by atoms with E-state index in [1.165, 1.54) is 0 Å². The lowest BCUT2D eigenvalue weighted by atomic mass is 10.1. The molecule has 0 saturated carbocycles. The van der Waals surface area contributed by atoms with E-state index in [1.54, 1.807) is 7.11 Å². The van der Waals surface area contributed by atoms with Crippen LogP contribution < -0.4 is 10.1 Å². The van der Waals surface area contributed by atoms with E-state index in [4.69, 9.17) is 4.74 Å². The minimum absolute atomic E-state index is 0.0603. The van der Waals surface area contributed by atoms with Gasteiger partial charge < -0.3 is 10.1 Å². The molecule has 1 aromatic carbocycles. The second-order valence-corrected chi connectivity index (χ2v) is 10.5. The second-order valence-electron chi connectivity index (χ2n) is 8.44. The fraction of sp³-hybridized carbons (Fsp3) is 0.619. The molecule has 1 aromatic rings. The van der Waals surface area contributed by atoms with Crippen molar-refractivity contribution >= 4 is 21.8 Å². The molecule has 0 aliphatic carbocycles. The number of carbonyl (C=O) groups is 2. The van der Waals surface area contributed by atoms with E-state index in [0.29, 0.717) is 32.4 Å². The number of hydrogen-bond donors (Lipinski definition) is 1. The van der Waals surface area contributed by atoms with E-state index in [2.05, 4.69) is 5.32 Å². The highest BCUT2D eigenvalue weighted by atomic mass is 32.2. The van der Waals surface area contributed by atoms with Gasteiger partial charge in [-0.25, -0.2) is 12.7 Å². The SMILES string of the molecule is COc1ccc(CCC(=O)N[C@H]2C[C@H]3C(=O)N(CC(C)C)S(=O)(=O)CCN3C2)cc1. The minimum atomic E-state index is -3.59. The summed E-state index contributed by atoms with van der Waals surface area (Å²) in [4.78, 5) is 27.3. The molecule has 2 fully saturated rings. The molecule has 0 unspecified atom stereocenters. The topological polar surface area (TPSA) is 96.0 Å². The molecule has 2 aliphatic rings. The maximum absolute atomic E-state index is 13.0. The Kier molecular flexibility index (Phi) is 7.02. The lowest BCUT2D eigenvalue weighted by Gasteiger charge is -2.25. The summed E-state index contributed by atoms with van der Waals surface area (Å²) in [5.74, 6) is 0.342. The summed E-state index contributed by atoms with van der Waals surface area (Å²) in [7, 11) is -1.97. The summed E-state index contributed by atoms with van der Waals surface area (Å²) in [6.45, 7) is 4.80. The number of hydrogen-bond acceptors (Lipinski definition) is 6. The smallest absolute Gasteiger partial charge is 0.253 e. The molecule has 2 amide bonds. The van der Waals surface area contributed by atoms with Crippen LogP contribution in [0.3, 0.4) is 0 Å². The quantitative estimate of drug-likeness (QED) is 0.684. The van der Waals surface area contributed by atoms with E-state index >= 15 is 0 Å². The predicted molar refractivity (Wildman–Crippen MR) is 114 cm³/mol. The van der Waals surface area contributed by atoms with Crippen molar-refractivity contribution in [2.75, 3.05) is 32.5 Å². The summed E-state index contributed by atoms with van der Waals surface area (Å²) in [6, 6.07) is 6.97. The number of ether oxygens (including phenoxy) is 1. The fourth-order valence-corrected chi connectivity index (χ4v) is 5.65. The highest BCUT2D eigenvalue weighted by molar-refractivity contribution is 7.89. The van der Waals surface area contributed by atoms with Crippen LogP contribution in [0.25, 0.3) is 0 Å². The van der Waals surface area contributed by atoms with Crippen LogP contribution in [0, 0.1) is 5.92 Å². The molecule has 2 atom stereocenters. The zero-order valence-electron chi connectivity index (χ0n) is 17.8. The average Bonchev–Trinajstić information content (AvgIpc) is 3.08. The number of methoxy groups -OCH3 is 1. The number of benzene rings is 1. The van der Waals surface area contributed by atoms with Crippen LogP contribution >= 0.6 is 0 Å². The number of aryl methyl sites for hydroxylation is 1. The zero-order chi connectivity index (χ0) is 21.9. The van der Waals surface area contributed by atoms with Gasteiger partial charge in [0.15, 0.2) is 0 Å². The number of sulfonamides is 1. The molecule has 0 bridgehead atoms. The highest BCUT2D eigenvalue weighted by Crippen LogP contribution is 2.25. The molecule has 1 N–H and O–H groups in total. The van der Waals surface area contributed by atoms with Gasteiger partial charge in [-0.15, -0.1) is 0 Å². The zero-order valence-corrected chi connectivity index (χ0v) is 18.7. The number of carbonyl (C=O) groups excluding carboxylic acids is 2. The van der Waals surface area contributed by atoms with Crippen molar-refractivity contribution in [1.82, 2.24) is 14.5 Å². The van der Waals surface area contributed by atoms with Crippen molar-refractivity contribution in [3.8, 4) is 5.75 Å². The molecule has 9 heteroatoms. The van der Waals surface area contributed by atoms with Gasteiger partial charge in [-0.2, -0.15) is 0 Å². The Bertz CT molecular complexity index is 869. The van der Waals surface area contributed by atoms with E-state index in [-0.39, 0.29) is 36.1 Å². The third-order valence-corrected chi connectivity index (χ3v) is 7.30. The maximum Gasteiger partial charge on any atom is 0.253 e. The number of amides is 2. The highest BCUT2D eigenvalue weighted by Gasteiger charge is 2.45. The first kappa shape index (κ1) is 22.6. The summed E-state index contributed by atoms with van der Waals surface area (Å²) in [5, 5.41) is 3.02. The minimum Gasteiger partial charge on any atom is -0.497 e. The Morgan fingerprint density at radius 3 is 2.60 bits per heavy atom. The lowest BCUT2D eigenvalue weighted by Crippen LogP contribution is -2.45. The second kappa shape index (κ2) is 9.34. The van der Waals surface area contributed by atoms with Crippen LogP contribution in [0.2, 0.25) is 0 Å². The van der Waals surface area contributed by atoms with Crippen molar-refractivity contribution in [1.29, 1.82) is 0 Å². The monoisotopic (exact) mass is 437 g/mol. The largest absolute Gasteiger partial charge is 0.497 e. The van der Waals surface area contributed by atoms with Gasteiger partial charge in [-0.1, -0.05) is 26.0 Å². The summed E-state index contributed by atoms with van der Waals surface area (Å²) in [6.07, 6.45) is 1.42. The molecule has 30 heavy (non-hydrogen) atoms. The molecule has 0 spiro atoms. The molecular weight excluding hydrogens is 406 g/mol. The Balaban J connectivity index is 1.56. The van der Waals surface area contributed by atoms with Crippen molar-refractivity contribution in [2.24, 2.45) is 5.92 Å². The number of nitrogens with one attached hydrogen (secondary N) is 1. The van der Waals surface area contributed by atoms with Gasteiger partial charge in [-0.3, -0.25) is 14.5 Å². The molecule has 2 saturated heterocycles. The van der Waals surface area contributed by atoms with Gasteiger partial charge in [-0.05, 0) is 36.5 Å². The molecule has 166 valence electrons. The molecule has 8 nitrogen and oxygen atoms in total. The summed E-state index contributed by atoms with van der Waals surface area (Å²) >= 11 is 0. The first-order valence-corrected chi connectivity index (χ1v) is 12.0. The van der Waals surface area contributed by atoms with Gasteiger partial charge in [0, 0.05) is 32.1 Å². The van der Waals surface area contributed by atoms with Gasteiger partial charge in [0.25, 0.3) is 5.91 Å². The molecule has 0 radical (unpaired) electrons. The van der Waals surface area contributed by atoms with Crippen molar-refractivity contribution < 1.29 is 22.7 Å². The summed E-state index contributed by atoms with van der Waals surface area (Å²) < 4.78 is 31.2. The third kappa shape index (κ3) is 5.31. The van der Waals surface area contributed by atoms with Crippen LogP contribution in [0.5, 0.6) is 5.75 Å². The van der Waals surface area contributed by atoms with Gasteiger partial charge in [0.1, 0.15) is 5.75 Å². The molecular formula is C21H31N3O5S. The van der Waals surface area contributed by atoms with E-state index in [9.17, 15) is 18.0 Å². The average molecular weight is 438 g/mol. The number of nitrogens with zero attached hydrogens (tertiary/aromatic N) is 2. The van der Waals surface area contributed by atoms with Gasteiger partial charge in [0.05, 0.1) is 18.9 Å². The normalized spacial score (nSPS) is 23.9. The standard InChI is InChI=1S/C21H31N3O5S/c1-15(2)13-24-21(26)19-12-17(14-23(19)10-11-30(24,27)28)22-20(25)9-6-16-4-7-18(29-3)8-5-16/h4-5,7-8,15,17,19H,6,9-14H2,1-3H3,(H,22,25)/t17-,19-/m0/s1. The number of rotatable bonds is 7. The van der Waals surface area contributed by atoms with E-state index in [1.807, 2.05) is 43.0 Å². The van der Waals surface area contributed by atoms with Crippen LogP contribution in [0.4, 0.5) is 0 Å². The van der Waals surface area contributed by atoms with E-state index in [0.717, 1.165) is 15.6 Å². The first-order valence-electron chi connectivity index (χ1n) is 10.4. The molecule has 3 rings (SSSR count). The van der Waals surface area contributed by atoms with Crippen LogP contribution in [-0.2, 0) is 26.0 Å². The van der Waals surface area contributed by atoms with Crippen LogP contribution in [-0.4, -0.2) is 74.0 Å². The lowest BCUT2D eigenvalue weighted by molar-refractivity contribution is -0.131. The molecule has 2 aliphatic heterocycles. The number of fused-ring (bicyclic) bond motifs is 1. The van der Waals surface area contributed by atoms with Crippen molar-refractivity contribution in [2.45, 2.75) is 45.2 Å². The Morgan fingerprint density at radius 1 is 1.27 bits per heavy atom. The molecule has 2 heterocycles.